The fraction of sp³-hybridized carbons (Fsp3) is 0.364. The molecule has 8 nitrogen and oxygen atoms in total. The number of aryl methyl sites for hydroxylation is 1. The number of rotatable bonds is 8. The van der Waals surface area contributed by atoms with Crippen LogP contribution in [0.15, 0.2) is 47.4 Å². The second kappa shape index (κ2) is 10.8. The molecule has 3 rings (SSSR count). The second-order valence-electron chi connectivity index (χ2n) is 7.16. The fourth-order valence-corrected chi connectivity index (χ4v) is 4.75. The number of carbonyl (C=O) groups excluding carboxylic acids is 1. The Bertz CT molecular complexity index is 1090. The Labute approximate surface area is 192 Å². The molecule has 10 heteroatoms. The summed E-state index contributed by atoms with van der Waals surface area (Å²) in [5.74, 6) is 0.0405. The van der Waals surface area contributed by atoms with E-state index in [1.807, 2.05) is 13.0 Å². The van der Waals surface area contributed by atoms with Crippen molar-refractivity contribution in [2.45, 2.75) is 18.2 Å². The topological polar surface area (TPSA) is 99.9 Å². The SMILES string of the molecule is Cc1cc(N(CCC#N)C(=O)COc2ccc(S(=O)(=O)N3CCOCC3)cc2)ccc1Cl. The van der Waals surface area contributed by atoms with Gasteiger partial charge in [-0.05, 0) is 55.0 Å². The smallest absolute Gasteiger partial charge is 0.264 e. The zero-order chi connectivity index (χ0) is 23.1. The molecule has 1 fully saturated rings. The Morgan fingerprint density at radius 2 is 1.91 bits per heavy atom. The lowest BCUT2D eigenvalue weighted by atomic mass is 10.2. The average molecular weight is 478 g/mol. The third-order valence-electron chi connectivity index (χ3n) is 5.00. The molecule has 0 bridgehead atoms. The highest BCUT2D eigenvalue weighted by Crippen LogP contribution is 2.24. The van der Waals surface area contributed by atoms with Crippen LogP contribution in [0.4, 0.5) is 5.69 Å². The normalized spacial score (nSPS) is 14.5. The molecule has 2 aromatic carbocycles. The van der Waals surface area contributed by atoms with Gasteiger partial charge in [-0.15, -0.1) is 0 Å². The summed E-state index contributed by atoms with van der Waals surface area (Å²) in [4.78, 5) is 14.4. The zero-order valence-electron chi connectivity index (χ0n) is 17.7. The van der Waals surface area contributed by atoms with Gasteiger partial charge in [-0.2, -0.15) is 9.57 Å². The van der Waals surface area contributed by atoms with Gasteiger partial charge >= 0.3 is 0 Å². The lowest BCUT2D eigenvalue weighted by Crippen LogP contribution is -2.40. The van der Waals surface area contributed by atoms with Crippen LogP contribution in [0.25, 0.3) is 0 Å². The number of hydrogen-bond acceptors (Lipinski definition) is 6. The van der Waals surface area contributed by atoms with Crippen LogP contribution in [-0.4, -0.2) is 58.1 Å². The highest BCUT2D eigenvalue weighted by Gasteiger charge is 2.26. The van der Waals surface area contributed by atoms with Crippen molar-refractivity contribution in [1.29, 1.82) is 5.26 Å². The Balaban J connectivity index is 1.67. The Kier molecular flexibility index (Phi) is 8.10. The highest BCUT2D eigenvalue weighted by atomic mass is 35.5. The monoisotopic (exact) mass is 477 g/mol. The number of halogens is 1. The van der Waals surface area contributed by atoms with Gasteiger partial charge in [-0.25, -0.2) is 8.42 Å². The Morgan fingerprint density at radius 1 is 1.22 bits per heavy atom. The van der Waals surface area contributed by atoms with Crippen molar-refractivity contribution >= 4 is 33.2 Å². The maximum Gasteiger partial charge on any atom is 0.264 e. The molecule has 0 spiro atoms. The van der Waals surface area contributed by atoms with Crippen LogP contribution < -0.4 is 9.64 Å². The summed E-state index contributed by atoms with van der Waals surface area (Å²) in [6, 6.07) is 13.2. The number of amides is 1. The Morgan fingerprint density at radius 3 is 2.53 bits per heavy atom. The number of anilines is 1. The number of benzene rings is 2. The summed E-state index contributed by atoms with van der Waals surface area (Å²) < 4.78 is 37.6. The van der Waals surface area contributed by atoms with Gasteiger partial charge in [-0.1, -0.05) is 11.6 Å². The molecule has 1 heterocycles. The van der Waals surface area contributed by atoms with Crippen molar-refractivity contribution in [3.05, 3.63) is 53.1 Å². The van der Waals surface area contributed by atoms with Crippen LogP contribution in [0, 0.1) is 18.3 Å². The molecule has 0 aromatic heterocycles. The van der Waals surface area contributed by atoms with Crippen LogP contribution in [0.5, 0.6) is 5.75 Å². The Hall–Kier alpha value is -2.64. The van der Waals surface area contributed by atoms with E-state index in [9.17, 15) is 13.2 Å². The van der Waals surface area contributed by atoms with E-state index in [0.717, 1.165) is 5.56 Å². The summed E-state index contributed by atoms with van der Waals surface area (Å²) in [5, 5.41) is 9.52. The molecule has 1 aliphatic heterocycles. The van der Waals surface area contributed by atoms with Gasteiger partial charge in [-0.3, -0.25) is 4.79 Å². The highest BCUT2D eigenvalue weighted by molar-refractivity contribution is 7.89. The molecule has 0 atom stereocenters. The molecular formula is C22H24ClN3O5S. The molecule has 0 saturated carbocycles. The van der Waals surface area contributed by atoms with Gasteiger partial charge in [0.1, 0.15) is 5.75 Å². The van der Waals surface area contributed by atoms with E-state index >= 15 is 0 Å². The van der Waals surface area contributed by atoms with E-state index in [1.54, 1.807) is 18.2 Å². The van der Waals surface area contributed by atoms with Crippen molar-refractivity contribution < 1.29 is 22.7 Å². The van der Waals surface area contributed by atoms with E-state index in [4.69, 9.17) is 26.3 Å². The van der Waals surface area contributed by atoms with E-state index in [0.29, 0.717) is 42.8 Å². The van der Waals surface area contributed by atoms with Gasteiger partial charge in [0.05, 0.1) is 30.6 Å². The molecule has 0 aliphatic carbocycles. The maximum atomic E-state index is 12.8. The molecule has 32 heavy (non-hydrogen) atoms. The second-order valence-corrected chi connectivity index (χ2v) is 9.51. The number of sulfonamides is 1. The first kappa shape index (κ1) is 24.0. The zero-order valence-corrected chi connectivity index (χ0v) is 19.2. The van der Waals surface area contributed by atoms with E-state index in [1.165, 1.54) is 33.5 Å². The van der Waals surface area contributed by atoms with E-state index < -0.39 is 10.0 Å². The minimum absolute atomic E-state index is 0.158. The molecule has 0 N–H and O–H groups in total. The summed E-state index contributed by atoms with van der Waals surface area (Å²) in [6.07, 6.45) is 0.168. The van der Waals surface area contributed by atoms with Crippen molar-refractivity contribution in [1.82, 2.24) is 4.31 Å². The molecule has 0 radical (unpaired) electrons. The number of hydrogen-bond donors (Lipinski definition) is 0. The van der Waals surface area contributed by atoms with Crippen LogP contribution in [0.3, 0.4) is 0 Å². The summed E-state index contributed by atoms with van der Waals surface area (Å²) >= 11 is 6.07. The predicted molar refractivity (Wildman–Crippen MR) is 120 cm³/mol. The van der Waals surface area contributed by atoms with Crippen molar-refractivity contribution in [2.75, 3.05) is 44.4 Å². The van der Waals surface area contributed by atoms with Crippen LogP contribution >= 0.6 is 11.6 Å². The summed E-state index contributed by atoms with van der Waals surface area (Å²) in [7, 11) is -3.60. The van der Waals surface area contributed by atoms with Crippen molar-refractivity contribution in [3.63, 3.8) is 0 Å². The summed E-state index contributed by atoms with van der Waals surface area (Å²) in [6.45, 7) is 3.17. The van der Waals surface area contributed by atoms with E-state index in [2.05, 4.69) is 0 Å². The molecule has 1 saturated heterocycles. The third kappa shape index (κ3) is 5.78. The van der Waals surface area contributed by atoms with E-state index in [-0.39, 0.29) is 30.4 Å². The summed E-state index contributed by atoms with van der Waals surface area (Å²) in [5.41, 5.74) is 1.44. The molecule has 1 aliphatic rings. The number of carbonyl (C=O) groups is 1. The van der Waals surface area contributed by atoms with Crippen LogP contribution in [-0.2, 0) is 19.6 Å². The van der Waals surface area contributed by atoms with Gasteiger partial charge in [0, 0.05) is 30.3 Å². The number of morpholine rings is 1. The first-order chi connectivity index (χ1) is 15.3. The number of ether oxygens (including phenoxy) is 2. The van der Waals surface area contributed by atoms with Gasteiger partial charge < -0.3 is 14.4 Å². The lowest BCUT2D eigenvalue weighted by molar-refractivity contribution is -0.120. The van der Waals surface area contributed by atoms with Crippen LogP contribution in [0.1, 0.15) is 12.0 Å². The molecular weight excluding hydrogens is 454 g/mol. The standard InChI is InChI=1S/C22H24ClN3O5S/c1-17-15-18(3-8-21(17)23)26(10-2-9-24)22(27)16-31-19-4-6-20(7-5-19)32(28,29)25-11-13-30-14-12-25/h3-8,15H,2,10-14,16H2,1H3. The van der Waals surface area contributed by atoms with Crippen molar-refractivity contribution in [2.24, 2.45) is 0 Å². The van der Waals surface area contributed by atoms with Gasteiger partial charge in [0.15, 0.2) is 6.61 Å². The number of nitrogens with zero attached hydrogens (tertiary/aromatic N) is 3. The van der Waals surface area contributed by atoms with Gasteiger partial charge in [0.25, 0.3) is 5.91 Å². The average Bonchev–Trinajstić information content (AvgIpc) is 2.81. The fourth-order valence-electron chi connectivity index (χ4n) is 3.22. The largest absolute Gasteiger partial charge is 0.484 e. The third-order valence-corrected chi connectivity index (χ3v) is 7.33. The van der Waals surface area contributed by atoms with Crippen LogP contribution in [0.2, 0.25) is 5.02 Å². The number of nitriles is 1. The lowest BCUT2D eigenvalue weighted by Gasteiger charge is -2.26. The first-order valence-electron chi connectivity index (χ1n) is 10.1. The predicted octanol–water partition coefficient (Wildman–Crippen LogP) is 3.00. The quantitative estimate of drug-likeness (QED) is 0.579. The molecule has 0 unspecified atom stereocenters. The maximum absolute atomic E-state index is 12.8. The molecule has 2 aromatic rings. The molecule has 170 valence electrons. The van der Waals surface area contributed by atoms with Crippen molar-refractivity contribution in [3.8, 4) is 11.8 Å². The van der Waals surface area contributed by atoms with Gasteiger partial charge in [0.2, 0.25) is 10.0 Å². The molecule has 1 amide bonds. The minimum Gasteiger partial charge on any atom is -0.484 e. The first-order valence-corrected chi connectivity index (χ1v) is 11.9. The minimum atomic E-state index is -3.60.